The minimum absolute atomic E-state index is 0.370. The van der Waals surface area contributed by atoms with Gasteiger partial charge in [-0.25, -0.2) is 4.79 Å². The molecule has 0 aliphatic carbocycles. The molecule has 0 heterocycles. The van der Waals surface area contributed by atoms with Gasteiger partial charge in [0.25, 0.3) is 5.91 Å². The lowest BCUT2D eigenvalue weighted by molar-refractivity contribution is -0.119. The van der Waals surface area contributed by atoms with Crippen LogP contribution in [0.15, 0.2) is 48.5 Å². The molecule has 0 saturated heterocycles. The average Bonchev–Trinajstić information content (AvgIpc) is 2.63. The fourth-order valence-corrected chi connectivity index (χ4v) is 2.11. The molecule has 0 saturated carbocycles. The minimum Gasteiger partial charge on any atom is -0.490 e. The predicted octanol–water partition coefficient (Wildman–Crippen LogP) is 3.28. The standard InChI is InChI=1S/C19H21NO5/c1-3-23-16-11-10-15(12-17(16)24-4-2)20-18(21)13-25-19(22)14-8-6-5-7-9-14/h5-12H,3-4,13H2,1-2H3,(H,20,21). The van der Waals surface area contributed by atoms with Crippen LogP contribution in [-0.2, 0) is 9.53 Å². The van der Waals surface area contributed by atoms with Gasteiger partial charge in [0.15, 0.2) is 18.1 Å². The number of rotatable bonds is 8. The lowest BCUT2D eigenvalue weighted by Crippen LogP contribution is -2.21. The van der Waals surface area contributed by atoms with Crippen molar-refractivity contribution in [3.63, 3.8) is 0 Å². The summed E-state index contributed by atoms with van der Waals surface area (Å²) in [6, 6.07) is 13.6. The van der Waals surface area contributed by atoms with Gasteiger partial charge in [-0.15, -0.1) is 0 Å². The second-order valence-electron chi connectivity index (χ2n) is 5.02. The first kappa shape index (κ1) is 18.3. The highest BCUT2D eigenvalue weighted by atomic mass is 16.5. The number of amides is 1. The van der Waals surface area contributed by atoms with E-state index in [1.54, 1.807) is 48.5 Å². The molecule has 2 rings (SSSR count). The molecule has 0 radical (unpaired) electrons. The summed E-state index contributed by atoms with van der Waals surface area (Å²) in [4.78, 5) is 23.8. The normalized spacial score (nSPS) is 10.0. The van der Waals surface area contributed by atoms with Crippen molar-refractivity contribution in [3.05, 3.63) is 54.1 Å². The zero-order valence-corrected chi connectivity index (χ0v) is 14.3. The van der Waals surface area contributed by atoms with Crippen LogP contribution in [0.2, 0.25) is 0 Å². The third-order valence-electron chi connectivity index (χ3n) is 3.17. The Morgan fingerprint density at radius 1 is 0.920 bits per heavy atom. The van der Waals surface area contributed by atoms with E-state index in [-0.39, 0.29) is 6.61 Å². The Balaban J connectivity index is 1.93. The number of benzene rings is 2. The van der Waals surface area contributed by atoms with Gasteiger partial charge in [0, 0.05) is 11.8 Å². The Morgan fingerprint density at radius 2 is 1.60 bits per heavy atom. The van der Waals surface area contributed by atoms with E-state index in [1.807, 2.05) is 13.8 Å². The molecule has 0 spiro atoms. The molecule has 0 aromatic heterocycles. The third kappa shape index (κ3) is 5.53. The Morgan fingerprint density at radius 3 is 2.28 bits per heavy atom. The molecule has 0 bridgehead atoms. The van der Waals surface area contributed by atoms with Gasteiger partial charge in [0.05, 0.1) is 18.8 Å². The highest BCUT2D eigenvalue weighted by Gasteiger charge is 2.11. The summed E-state index contributed by atoms with van der Waals surface area (Å²) in [6.45, 7) is 4.37. The van der Waals surface area contributed by atoms with E-state index >= 15 is 0 Å². The molecular formula is C19H21NO5. The Labute approximate surface area is 146 Å². The molecule has 25 heavy (non-hydrogen) atoms. The smallest absolute Gasteiger partial charge is 0.338 e. The second kappa shape index (κ2) is 9.32. The van der Waals surface area contributed by atoms with Crippen LogP contribution in [0.4, 0.5) is 5.69 Å². The number of ether oxygens (including phenoxy) is 3. The lowest BCUT2D eigenvalue weighted by Gasteiger charge is -2.13. The van der Waals surface area contributed by atoms with Gasteiger partial charge in [0.2, 0.25) is 0 Å². The van der Waals surface area contributed by atoms with Crippen LogP contribution < -0.4 is 14.8 Å². The quantitative estimate of drug-likeness (QED) is 0.745. The Bertz CT molecular complexity index is 715. The number of anilines is 1. The van der Waals surface area contributed by atoms with E-state index < -0.39 is 11.9 Å². The van der Waals surface area contributed by atoms with E-state index in [0.717, 1.165) is 0 Å². The molecule has 6 heteroatoms. The van der Waals surface area contributed by atoms with Crippen molar-refractivity contribution in [3.8, 4) is 11.5 Å². The van der Waals surface area contributed by atoms with Gasteiger partial charge in [-0.2, -0.15) is 0 Å². The SMILES string of the molecule is CCOc1ccc(NC(=O)COC(=O)c2ccccc2)cc1OCC. The summed E-state index contributed by atoms with van der Waals surface area (Å²) < 4.78 is 16.0. The van der Waals surface area contributed by atoms with E-state index in [9.17, 15) is 9.59 Å². The van der Waals surface area contributed by atoms with Gasteiger partial charge < -0.3 is 19.5 Å². The van der Waals surface area contributed by atoms with Gasteiger partial charge in [0.1, 0.15) is 0 Å². The van der Waals surface area contributed by atoms with Gasteiger partial charge in [-0.05, 0) is 38.1 Å². The van der Waals surface area contributed by atoms with Crippen molar-refractivity contribution in [1.82, 2.24) is 0 Å². The predicted molar refractivity (Wildman–Crippen MR) is 94.1 cm³/mol. The van der Waals surface area contributed by atoms with Crippen LogP contribution in [-0.4, -0.2) is 31.7 Å². The molecule has 0 unspecified atom stereocenters. The Kier molecular flexibility index (Phi) is 6.83. The third-order valence-corrected chi connectivity index (χ3v) is 3.17. The first-order valence-electron chi connectivity index (χ1n) is 8.05. The highest BCUT2D eigenvalue weighted by Crippen LogP contribution is 2.30. The summed E-state index contributed by atoms with van der Waals surface area (Å²) in [7, 11) is 0. The fraction of sp³-hybridized carbons (Fsp3) is 0.263. The van der Waals surface area contributed by atoms with Crippen molar-refractivity contribution < 1.29 is 23.8 Å². The summed E-state index contributed by atoms with van der Waals surface area (Å²) in [5.41, 5.74) is 0.933. The van der Waals surface area contributed by atoms with Crippen LogP contribution in [0, 0.1) is 0 Å². The Hall–Kier alpha value is -3.02. The molecule has 0 aliphatic heterocycles. The van der Waals surface area contributed by atoms with Crippen molar-refractivity contribution in [1.29, 1.82) is 0 Å². The molecular weight excluding hydrogens is 322 g/mol. The number of carbonyl (C=O) groups is 2. The van der Waals surface area contributed by atoms with Crippen molar-refractivity contribution >= 4 is 17.6 Å². The maximum atomic E-state index is 12.0. The fourth-order valence-electron chi connectivity index (χ4n) is 2.11. The molecule has 0 aliphatic rings. The van der Waals surface area contributed by atoms with Gasteiger partial charge in [-0.1, -0.05) is 18.2 Å². The zero-order chi connectivity index (χ0) is 18.1. The highest BCUT2D eigenvalue weighted by molar-refractivity contribution is 5.95. The van der Waals surface area contributed by atoms with Crippen LogP contribution in [0.3, 0.4) is 0 Å². The number of esters is 1. The minimum atomic E-state index is -0.544. The van der Waals surface area contributed by atoms with Crippen LogP contribution in [0.25, 0.3) is 0 Å². The number of hydrogen-bond acceptors (Lipinski definition) is 5. The van der Waals surface area contributed by atoms with Crippen LogP contribution >= 0.6 is 0 Å². The van der Waals surface area contributed by atoms with Crippen LogP contribution in [0.5, 0.6) is 11.5 Å². The molecule has 0 fully saturated rings. The summed E-state index contributed by atoms with van der Waals surface area (Å²) >= 11 is 0. The molecule has 132 valence electrons. The van der Waals surface area contributed by atoms with Crippen molar-refractivity contribution in [2.45, 2.75) is 13.8 Å². The van der Waals surface area contributed by atoms with E-state index in [1.165, 1.54) is 0 Å². The molecule has 1 amide bonds. The maximum Gasteiger partial charge on any atom is 0.338 e. The van der Waals surface area contributed by atoms with Crippen molar-refractivity contribution in [2.24, 2.45) is 0 Å². The largest absolute Gasteiger partial charge is 0.490 e. The molecule has 2 aromatic rings. The van der Waals surface area contributed by atoms with E-state index in [4.69, 9.17) is 14.2 Å². The topological polar surface area (TPSA) is 73.9 Å². The number of carbonyl (C=O) groups excluding carboxylic acids is 2. The lowest BCUT2D eigenvalue weighted by atomic mass is 10.2. The van der Waals surface area contributed by atoms with Crippen LogP contribution in [0.1, 0.15) is 24.2 Å². The first-order valence-corrected chi connectivity index (χ1v) is 8.05. The molecule has 6 nitrogen and oxygen atoms in total. The molecule has 2 aromatic carbocycles. The first-order chi connectivity index (χ1) is 12.1. The van der Waals surface area contributed by atoms with E-state index in [0.29, 0.717) is 36.0 Å². The summed E-state index contributed by atoms with van der Waals surface area (Å²) in [6.07, 6.45) is 0. The summed E-state index contributed by atoms with van der Waals surface area (Å²) in [5.74, 6) is 0.176. The number of hydrogen-bond donors (Lipinski definition) is 1. The second-order valence-corrected chi connectivity index (χ2v) is 5.02. The monoisotopic (exact) mass is 343 g/mol. The van der Waals surface area contributed by atoms with Gasteiger partial charge >= 0.3 is 5.97 Å². The average molecular weight is 343 g/mol. The molecule has 0 atom stereocenters. The van der Waals surface area contributed by atoms with Crippen molar-refractivity contribution in [2.75, 3.05) is 25.1 Å². The number of nitrogens with one attached hydrogen (secondary N) is 1. The van der Waals surface area contributed by atoms with Gasteiger partial charge in [-0.3, -0.25) is 4.79 Å². The maximum absolute atomic E-state index is 12.0. The molecule has 1 N–H and O–H groups in total. The van der Waals surface area contributed by atoms with E-state index in [2.05, 4.69) is 5.32 Å². The summed E-state index contributed by atoms with van der Waals surface area (Å²) in [5, 5.41) is 2.67. The zero-order valence-electron chi connectivity index (χ0n) is 14.3.